The minimum Gasteiger partial charge on any atom is -0.368 e. The molecular weight excluding hydrogens is 432 g/mol. The Kier molecular flexibility index (Phi) is 10.8. The molecule has 0 aromatic heterocycles. The van der Waals surface area contributed by atoms with Gasteiger partial charge in [-0.2, -0.15) is 13.2 Å². The molecule has 0 bridgehead atoms. The molecule has 1 aromatic carbocycles. The number of nitrogens with one attached hydrogen (secondary N) is 1. The van der Waals surface area contributed by atoms with Crippen LogP contribution < -0.4 is 16.0 Å². The summed E-state index contributed by atoms with van der Waals surface area (Å²) in [6.45, 7) is 5.10. The monoisotopic (exact) mass is 458 g/mol. The highest BCUT2D eigenvalue weighted by atomic mass is 35.5. The van der Waals surface area contributed by atoms with Gasteiger partial charge in [-0.25, -0.2) is 0 Å². The fourth-order valence-corrected chi connectivity index (χ4v) is 2.79. The van der Waals surface area contributed by atoms with Crippen LogP contribution in [0, 0.1) is 5.92 Å². The lowest BCUT2D eigenvalue weighted by molar-refractivity contribution is -0.137. The lowest BCUT2D eigenvalue weighted by Crippen LogP contribution is -2.53. The molecule has 166 valence electrons. The van der Waals surface area contributed by atoms with Crippen LogP contribution >= 0.6 is 24.8 Å². The zero-order chi connectivity index (χ0) is 20.2. The molecule has 0 saturated carbocycles. The molecule has 1 heterocycles. The topological polar surface area (TPSA) is 78.7 Å². The zero-order valence-electron chi connectivity index (χ0n) is 16.2. The molecule has 3 N–H and O–H groups in total. The Balaban J connectivity index is 0.00000392. The predicted molar refractivity (Wildman–Crippen MR) is 111 cm³/mol. The number of nitrogens with two attached hydrogens (primary N) is 1. The molecule has 1 fully saturated rings. The SMILES string of the molecule is CC(C)[C@H](N)C(=O)NCC(=O)N1CCN(c2cccc(C(F)(F)F)c2)CC1.Cl.Cl. The van der Waals surface area contributed by atoms with Gasteiger partial charge in [0, 0.05) is 31.9 Å². The molecule has 0 radical (unpaired) electrons. The van der Waals surface area contributed by atoms with E-state index < -0.39 is 17.8 Å². The number of alkyl halides is 3. The molecule has 1 atom stereocenters. The maximum absolute atomic E-state index is 12.8. The van der Waals surface area contributed by atoms with Crippen molar-refractivity contribution in [1.82, 2.24) is 10.2 Å². The van der Waals surface area contributed by atoms with Gasteiger partial charge < -0.3 is 20.9 Å². The summed E-state index contributed by atoms with van der Waals surface area (Å²) < 4.78 is 38.5. The van der Waals surface area contributed by atoms with Gasteiger partial charge in [-0.3, -0.25) is 9.59 Å². The summed E-state index contributed by atoms with van der Waals surface area (Å²) in [5.74, 6) is -0.639. The normalized spacial score (nSPS) is 15.3. The van der Waals surface area contributed by atoms with Crippen molar-refractivity contribution < 1.29 is 22.8 Å². The van der Waals surface area contributed by atoms with Crippen molar-refractivity contribution in [2.75, 3.05) is 37.6 Å². The molecule has 2 rings (SSSR count). The van der Waals surface area contributed by atoms with E-state index >= 15 is 0 Å². The number of halogens is 5. The van der Waals surface area contributed by atoms with Crippen molar-refractivity contribution in [3.8, 4) is 0 Å². The van der Waals surface area contributed by atoms with Crippen LogP contribution in [0.1, 0.15) is 19.4 Å². The number of nitrogens with zero attached hydrogens (tertiary/aromatic N) is 2. The molecule has 6 nitrogen and oxygen atoms in total. The fourth-order valence-electron chi connectivity index (χ4n) is 2.79. The molecule has 1 saturated heterocycles. The van der Waals surface area contributed by atoms with Crippen LogP contribution in [0.15, 0.2) is 24.3 Å². The number of hydrogen-bond acceptors (Lipinski definition) is 4. The molecule has 2 amide bonds. The first-order valence-corrected chi connectivity index (χ1v) is 8.83. The minimum absolute atomic E-state index is 0. The second-order valence-electron chi connectivity index (χ2n) is 6.90. The second kappa shape index (κ2) is 11.5. The molecule has 1 aliphatic heterocycles. The van der Waals surface area contributed by atoms with Gasteiger partial charge in [-0.15, -0.1) is 24.8 Å². The Morgan fingerprint density at radius 3 is 2.24 bits per heavy atom. The largest absolute Gasteiger partial charge is 0.416 e. The molecule has 0 unspecified atom stereocenters. The second-order valence-corrected chi connectivity index (χ2v) is 6.90. The van der Waals surface area contributed by atoms with Gasteiger partial charge in [-0.1, -0.05) is 19.9 Å². The van der Waals surface area contributed by atoms with E-state index in [4.69, 9.17) is 5.73 Å². The number of piperazine rings is 1. The Bertz CT molecular complexity index is 681. The van der Waals surface area contributed by atoms with Crippen LogP contribution in [0.5, 0.6) is 0 Å². The van der Waals surface area contributed by atoms with Gasteiger partial charge in [-0.05, 0) is 24.1 Å². The van der Waals surface area contributed by atoms with Gasteiger partial charge in [0.25, 0.3) is 0 Å². The Morgan fingerprint density at radius 2 is 1.72 bits per heavy atom. The number of carbonyl (C=O) groups excluding carboxylic acids is 2. The number of rotatable bonds is 5. The first-order chi connectivity index (χ1) is 12.6. The highest BCUT2D eigenvalue weighted by Crippen LogP contribution is 2.31. The Hall–Kier alpha value is -1.71. The standard InChI is InChI=1S/C18H25F3N4O2.2ClH/c1-12(2)16(22)17(27)23-11-15(26)25-8-6-24(7-9-25)14-5-3-4-13(10-14)18(19,20)21;;/h3-5,10,12,16H,6-9,11,22H2,1-2H3,(H,23,27);2*1H/t16-;;/m0../s1. The van der Waals surface area contributed by atoms with Crippen molar-refractivity contribution >= 4 is 42.3 Å². The third kappa shape index (κ3) is 7.56. The summed E-state index contributed by atoms with van der Waals surface area (Å²) in [5.41, 5.74) is 5.51. The summed E-state index contributed by atoms with van der Waals surface area (Å²) in [7, 11) is 0. The van der Waals surface area contributed by atoms with Gasteiger partial charge in [0.1, 0.15) is 0 Å². The molecule has 11 heteroatoms. The highest BCUT2D eigenvalue weighted by molar-refractivity contribution is 5.87. The van der Waals surface area contributed by atoms with E-state index in [0.717, 1.165) is 12.1 Å². The number of benzene rings is 1. The van der Waals surface area contributed by atoms with E-state index in [1.54, 1.807) is 11.0 Å². The molecule has 1 aromatic rings. The van der Waals surface area contributed by atoms with Crippen molar-refractivity contribution in [2.24, 2.45) is 11.7 Å². The van der Waals surface area contributed by atoms with Gasteiger partial charge in [0.2, 0.25) is 11.8 Å². The number of amides is 2. The van der Waals surface area contributed by atoms with E-state index in [2.05, 4.69) is 5.32 Å². The summed E-state index contributed by atoms with van der Waals surface area (Å²) in [6.07, 6.45) is -4.39. The van der Waals surface area contributed by atoms with E-state index in [0.29, 0.717) is 31.9 Å². The average molecular weight is 459 g/mol. The highest BCUT2D eigenvalue weighted by Gasteiger charge is 2.31. The van der Waals surface area contributed by atoms with Gasteiger partial charge in [0.05, 0.1) is 18.2 Å². The van der Waals surface area contributed by atoms with Crippen molar-refractivity contribution in [3.63, 3.8) is 0 Å². The maximum Gasteiger partial charge on any atom is 0.416 e. The Labute approximate surface area is 180 Å². The van der Waals surface area contributed by atoms with Crippen LogP contribution in [-0.4, -0.2) is 55.5 Å². The zero-order valence-corrected chi connectivity index (χ0v) is 17.9. The van der Waals surface area contributed by atoms with E-state index in [-0.39, 0.29) is 49.1 Å². The first-order valence-electron chi connectivity index (χ1n) is 8.83. The summed E-state index contributed by atoms with van der Waals surface area (Å²) in [6, 6.07) is 4.48. The molecule has 0 aliphatic carbocycles. The molecule has 29 heavy (non-hydrogen) atoms. The van der Waals surface area contributed by atoms with Crippen LogP contribution in [-0.2, 0) is 15.8 Å². The number of hydrogen-bond donors (Lipinski definition) is 2. The Morgan fingerprint density at radius 1 is 1.14 bits per heavy atom. The summed E-state index contributed by atoms with van der Waals surface area (Å²) >= 11 is 0. The van der Waals surface area contributed by atoms with Crippen molar-refractivity contribution in [3.05, 3.63) is 29.8 Å². The lowest BCUT2D eigenvalue weighted by atomic mass is 10.1. The van der Waals surface area contributed by atoms with E-state index in [9.17, 15) is 22.8 Å². The quantitative estimate of drug-likeness (QED) is 0.709. The lowest BCUT2D eigenvalue weighted by Gasteiger charge is -2.36. The maximum atomic E-state index is 12.8. The summed E-state index contributed by atoms with van der Waals surface area (Å²) in [5, 5.41) is 2.53. The number of anilines is 1. The van der Waals surface area contributed by atoms with Crippen LogP contribution in [0.25, 0.3) is 0 Å². The van der Waals surface area contributed by atoms with Crippen LogP contribution in [0.2, 0.25) is 0 Å². The van der Waals surface area contributed by atoms with Gasteiger partial charge in [0.15, 0.2) is 0 Å². The minimum atomic E-state index is -4.39. The van der Waals surface area contributed by atoms with Crippen LogP contribution in [0.3, 0.4) is 0 Å². The molecule has 0 spiro atoms. The van der Waals surface area contributed by atoms with Crippen LogP contribution in [0.4, 0.5) is 18.9 Å². The molecular formula is C18H27Cl2F3N4O2. The first kappa shape index (κ1) is 27.3. The summed E-state index contributed by atoms with van der Waals surface area (Å²) in [4.78, 5) is 27.4. The average Bonchev–Trinajstić information content (AvgIpc) is 2.64. The third-order valence-electron chi connectivity index (χ3n) is 4.61. The molecule has 1 aliphatic rings. The van der Waals surface area contributed by atoms with Gasteiger partial charge >= 0.3 is 6.18 Å². The smallest absolute Gasteiger partial charge is 0.368 e. The van der Waals surface area contributed by atoms with E-state index in [1.807, 2.05) is 18.7 Å². The fraction of sp³-hybridized carbons (Fsp3) is 0.556. The number of carbonyl (C=O) groups is 2. The van der Waals surface area contributed by atoms with Crippen molar-refractivity contribution in [2.45, 2.75) is 26.1 Å². The predicted octanol–water partition coefficient (Wildman–Crippen LogP) is 2.30. The van der Waals surface area contributed by atoms with Crippen molar-refractivity contribution in [1.29, 1.82) is 0 Å². The third-order valence-corrected chi connectivity index (χ3v) is 4.61. The van der Waals surface area contributed by atoms with E-state index in [1.165, 1.54) is 6.07 Å².